The van der Waals surface area contributed by atoms with Crippen LogP contribution in [0.25, 0.3) is 0 Å². The van der Waals surface area contributed by atoms with Gasteiger partial charge < -0.3 is 10.5 Å². The van der Waals surface area contributed by atoms with Gasteiger partial charge in [0.1, 0.15) is 5.75 Å². The topological polar surface area (TPSA) is 35.2 Å². The first-order valence-electron chi connectivity index (χ1n) is 4.72. The number of ether oxygens (including phenoxy) is 1. The summed E-state index contributed by atoms with van der Waals surface area (Å²) in [6.07, 6.45) is 2.59. The highest BCUT2D eigenvalue weighted by molar-refractivity contribution is 5.41. The zero-order valence-electron chi connectivity index (χ0n) is 7.92. The molecule has 0 heterocycles. The van der Waals surface area contributed by atoms with Crippen molar-refractivity contribution in [1.29, 1.82) is 0 Å². The van der Waals surface area contributed by atoms with Crippen LogP contribution in [0.1, 0.15) is 29.9 Å². The van der Waals surface area contributed by atoms with E-state index in [9.17, 15) is 0 Å². The van der Waals surface area contributed by atoms with E-state index >= 15 is 0 Å². The number of methoxy groups -OCH3 is 1. The lowest BCUT2D eigenvalue weighted by Gasteiger charge is -2.08. The summed E-state index contributed by atoms with van der Waals surface area (Å²) < 4.78 is 5.31. The van der Waals surface area contributed by atoms with Gasteiger partial charge in [0.05, 0.1) is 7.11 Å². The van der Waals surface area contributed by atoms with Gasteiger partial charge in [0.2, 0.25) is 0 Å². The molecule has 0 amide bonds. The smallest absolute Gasteiger partial charge is 0.122 e. The summed E-state index contributed by atoms with van der Waals surface area (Å²) in [6, 6.07) is 6.23. The Morgan fingerprint density at radius 1 is 1.46 bits per heavy atom. The van der Waals surface area contributed by atoms with Crippen LogP contribution in [-0.2, 0) is 6.54 Å². The first-order valence-corrected chi connectivity index (χ1v) is 4.72. The average molecular weight is 177 g/mol. The minimum absolute atomic E-state index is 0.615. The summed E-state index contributed by atoms with van der Waals surface area (Å²) in [6.45, 7) is 0.615. The molecule has 0 atom stereocenters. The Hall–Kier alpha value is -1.02. The van der Waals surface area contributed by atoms with Crippen LogP contribution < -0.4 is 10.5 Å². The Bertz CT molecular complexity index is 305. The fraction of sp³-hybridized carbons (Fsp3) is 0.455. The Morgan fingerprint density at radius 3 is 2.77 bits per heavy atom. The first kappa shape index (κ1) is 8.57. The molecule has 0 saturated heterocycles. The SMILES string of the molecule is COc1ccc(CN)cc1C1CC1. The molecule has 1 aromatic carbocycles. The van der Waals surface area contributed by atoms with Gasteiger partial charge in [-0.05, 0) is 36.0 Å². The molecule has 1 aromatic rings. The van der Waals surface area contributed by atoms with Crippen molar-refractivity contribution in [2.45, 2.75) is 25.3 Å². The molecule has 70 valence electrons. The number of hydrogen-bond acceptors (Lipinski definition) is 2. The van der Waals surface area contributed by atoms with Crippen LogP contribution in [0, 0.1) is 0 Å². The fourth-order valence-electron chi connectivity index (χ4n) is 1.62. The van der Waals surface area contributed by atoms with Crippen molar-refractivity contribution in [1.82, 2.24) is 0 Å². The van der Waals surface area contributed by atoms with Crippen LogP contribution in [0.3, 0.4) is 0 Å². The predicted octanol–water partition coefficient (Wildman–Crippen LogP) is 2.03. The van der Waals surface area contributed by atoms with Gasteiger partial charge in [-0.2, -0.15) is 0 Å². The zero-order chi connectivity index (χ0) is 9.26. The van der Waals surface area contributed by atoms with Gasteiger partial charge in [-0.15, -0.1) is 0 Å². The van der Waals surface area contributed by atoms with E-state index < -0.39 is 0 Å². The number of nitrogens with two attached hydrogens (primary N) is 1. The van der Waals surface area contributed by atoms with Gasteiger partial charge >= 0.3 is 0 Å². The van der Waals surface area contributed by atoms with Crippen molar-refractivity contribution in [3.63, 3.8) is 0 Å². The quantitative estimate of drug-likeness (QED) is 0.766. The normalized spacial score (nSPS) is 15.8. The van der Waals surface area contributed by atoms with E-state index in [1.54, 1.807) is 7.11 Å². The third-order valence-corrected chi connectivity index (χ3v) is 2.55. The highest BCUT2D eigenvalue weighted by Gasteiger charge is 2.26. The third kappa shape index (κ3) is 1.68. The maximum absolute atomic E-state index is 5.59. The molecule has 1 aliphatic rings. The lowest BCUT2D eigenvalue weighted by Crippen LogP contribution is -1.98. The average Bonchev–Trinajstić information content (AvgIpc) is 3.00. The summed E-state index contributed by atoms with van der Waals surface area (Å²) >= 11 is 0. The predicted molar refractivity (Wildman–Crippen MR) is 52.9 cm³/mol. The highest BCUT2D eigenvalue weighted by atomic mass is 16.5. The van der Waals surface area contributed by atoms with Crippen LogP contribution in [0.2, 0.25) is 0 Å². The van der Waals surface area contributed by atoms with Gasteiger partial charge in [-0.25, -0.2) is 0 Å². The molecule has 0 unspecified atom stereocenters. The third-order valence-electron chi connectivity index (χ3n) is 2.55. The second kappa shape index (κ2) is 3.38. The Kier molecular flexibility index (Phi) is 2.23. The molecule has 1 fully saturated rings. The van der Waals surface area contributed by atoms with E-state index in [2.05, 4.69) is 6.07 Å². The number of rotatable bonds is 3. The van der Waals surface area contributed by atoms with Gasteiger partial charge in [0.15, 0.2) is 0 Å². The summed E-state index contributed by atoms with van der Waals surface area (Å²) in [4.78, 5) is 0. The van der Waals surface area contributed by atoms with Crippen molar-refractivity contribution in [2.24, 2.45) is 5.73 Å². The van der Waals surface area contributed by atoms with Gasteiger partial charge in [-0.3, -0.25) is 0 Å². The number of hydrogen-bond donors (Lipinski definition) is 1. The maximum atomic E-state index is 5.59. The van der Waals surface area contributed by atoms with Crippen molar-refractivity contribution in [3.05, 3.63) is 29.3 Å². The summed E-state index contributed by atoms with van der Waals surface area (Å²) in [7, 11) is 1.73. The lowest BCUT2D eigenvalue weighted by molar-refractivity contribution is 0.409. The van der Waals surface area contributed by atoms with Crippen molar-refractivity contribution in [3.8, 4) is 5.75 Å². The molecular formula is C11H15NO. The van der Waals surface area contributed by atoms with Crippen molar-refractivity contribution in [2.75, 3.05) is 7.11 Å². The highest BCUT2D eigenvalue weighted by Crippen LogP contribution is 2.44. The van der Waals surface area contributed by atoms with Crippen LogP contribution in [-0.4, -0.2) is 7.11 Å². The monoisotopic (exact) mass is 177 g/mol. The van der Waals surface area contributed by atoms with Crippen LogP contribution in [0.5, 0.6) is 5.75 Å². The fourth-order valence-corrected chi connectivity index (χ4v) is 1.62. The molecule has 0 aromatic heterocycles. The Morgan fingerprint density at radius 2 is 2.23 bits per heavy atom. The van der Waals surface area contributed by atoms with Crippen LogP contribution in [0.15, 0.2) is 18.2 Å². The molecule has 0 bridgehead atoms. The van der Waals surface area contributed by atoms with E-state index in [4.69, 9.17) is 10.5 Å². The molecule has 2 N–H and O–H groups in total. The van der Waals surface area contributed by atoms with Gasteiger partial charge in [-0.1, -0.05) is 12.1 Å². The van der Waals surface area contributed by atoms with Gasteiger partial charge in [0, 0.05) is 6.54 Å². The minimum atomic E-state index is 0.615. The molecule has 0 spiro atoms. The lowest BCUT2D eigenvalue weighted by atomic mass is 10.1. The molecular weight excluding hydrogens is 162 g/mol. The molecule has 1 saturated carbocycles. The second-order valence-corrected chi connectivity index (χ2v) is 3.55. The molecule has 0 radical (unpaired) electrons. The van der Waals surface area contributed by atoms with Gasteiger partial charge in [0.25, 0.3) is 0 Å². The largest absolute Gasteiger partial charge is 0.496 e. The van der Waals surface area contributed by atoms with Crippen molar-refractivity contribution < 1.29 is 4.74 Å². The van der Waals surface area contributed by atoms with E-state index in [-0.39, 0.29) is 0 Å². The maximum Gasteiger partial charge on any atom is 0.122 e. The molecule has 2 heteroatoms. The van der Waals surface area contributed by atoms with Crippen LogP contribution in [0.4, 0.5) is 0 Å². The van der Waals surface area contributed by atoms with E-state index in [1.165, 1.54) is 24.0 Å². The summed E-state index contributed by atoms with van der Waals surface area (Å²) in [5.41, 5.74) is 8.13. The molecule has 13 heavy (non-hydrogen) atoms. The standard InChI is InChI=1S/C11H15NO/c1-13-11-5-2-8(7-12)6-10(11)9-3-4-9/h2,5-6,9H,3-4,7,12H2,1H3. The van der Waals surface area contributed by atoms with E-state index in [0.29, 0.717) is 6.54 Å². The zero-order valence-corrected chi connectivity index (χ0v) is 7.92. The van der Waals surface area contributed by atoms with Crippen molar-refractivity contribution >= 4 is 0 Å². The summed E-state index contributed by atoms with van der Waals surface area (Å²) in [5.74, 6) is 1.74. The minimum Gasteiger partial charge on any atom is -0.496 e. The molecule has 2 rings (SSSR count). The second-order valence-electron chi connectivity index (χ2n) is 3.55. The summed E-state index contributed by atoms with van der Waals surface area (Å²) in [5, 5.41) is 0. The van der Waals surface area contributed by atoms with E-state index in [1.807, 2.05) is 12.1 Å². The van der Waals surface area contributed by atoms with E-state index in [0.717, 1.165) is 11.7 Å². The number of benzene rings is 1. The first-order chi connectivity index (χ1) is 6.35. The molecule has 0 aliphatic heterocycles. The molecule has 2 nitrogen and oxygen atoms in total. The Labute approximate surface area is 78.7 Å². The Balaban J connectivity index is 2.35. The van der Waals surface area contributed by atoms with Crippen LogP contribution >= 0.6 is 0 Å². The molecule has 1 aliphatic carbocycles.